The molecule has 0 atom stereocenters. The molecule has 2 heterocycles. The molecule has 1 aliphatic rings. The van der Waals surface area contributed by atoms with E-state index in [0.717, 1.165) is 34.4 Å². The van der Waals surface area contributed by atoms with E-state index >= 15 is 0 Å². The molecule has 6 nitrogen and oxygen atoms in total. The monoisotopic (exact) mass is 388 g/mol. The Kier molecular flexibility index (Phi) is 4.79. The lowest BCUT2D eigenvalue weighted by Crippen LogP contribution is -2.22. The summed E-state index contributed by atoms with van der Waals surface area (Å²) in [4.78, 5) is 25.0. The maximum absolute atomic E-state index is 12.8. The maximum atomic E-state index is 12.8. The van der Waals surface area contributed by atoms with Crippen molar-refractivity contribution in [3.63, 3.8) is 0 Å². The molecule has 0 aromatic carbocycles. The molecule has 2 aromatic rings. The molecular formula is C15H15ClF2N4O2S. The van der Waals surface area contributed by atoms with E-state index in [9.17, 15) is 18.4 Å². The molecule has 0 unspecified atom stereocenters. The zero-order chi connectivity index (χ0) is 18.3. The average Bonchev–Trinajstić information content (AvgIpc) is 3.15. The molecule has 2 aromatic heterocycles. The van der Waals surface area contributed by atoms with Crippen molar-refractivity contribution < 1.29 is 18.4 Å². The first-order chi connectivity index (χ1) is 11.8. The second-order valence-electron chi connectivity index (χ2n) is 5.72. The summed E-state index contributed by atoms with van der Waals surface area (Å²) in [5.74, 6) is -1.08. The van der Waals surface area contributed by atoms with Crippen molar-refractivity contribution in [2.45, 2.75) is 39.2 Å². The van der Waals surface area contributed by atoms with Gasteiger partial charge in [0.2, 0.25) is 5.91 Å². The Hall–Kier alpha value is -2.00. The highest BCUT2D eigenvalue weighted by Gasteiger charge is 2.27. The first-order valence-corrected chi connectivity index (χ1v) is 8.74. The summed E-state index contributed by atoms with van der Waals surface area (Å²) < 4.78 is 26.8. The van der Waals surface area contributed by atoms with Crippen molar-refractivity contribution in [1.82, 2.24) is 9.78 Å². The molecule has 2 amide bonds. The number of fused-ring (bicyclic) bond motifs is 1. The minimum atomic E-state index is -2.82. The topological polar surface area (TPSA) is 90.0 Å². The zero-order valence-corrected chi connectivity index (χ0v) is 14.8. The molecule has 3 rings (SSSR count). The van der Waals surface area contributed by atoms with Crippen LogP contribution in [0.15, 0.2) is 0 Å². The van der Waals surface area contributed by atoms with Crippen LogP contribution >= 0.6 is 22.9 Å². The van der Waals surface area contributed by atoms with Gasteiger partial charge in [-0.15, -0.1) is 11.3 Å². The number of carbonyl (C=O) groups is 2. The number of halogens is 3. The van der Waals surface area contributed by atoms with Crippen molar-refractivity contribution in [2.75, 3.05) is 5.32 Å². The average molecular weight is 389 g/mol. The smallest absolute Gasteiger partial charge is 0.283 e. The van der Waals surface area contributed by atoms with Crippen LogP contribution in [0, 0.1) is 6.92 Å². The maximum Gasteiger partial charge on any atom is 0.283 e. The minimum absolute atomic E-state index is 0.157. The fourth-order valence-corrected chi connectivity index (χ4v) is 4.42. The van der Waals surface area contributed by atoms with Gasteiger partial charge in [-0.2, -0.15) is 5.10 Å². The van der Waals surface area contributed by atoms with Crippen LogP contribution < -0.4 is 11.1 Å². The van der Waals surface area contributed by atoms with Gasteiger partial charge in [0.25, 0.3) is 12.3 Å². The number of hydrogen-bond acceptors (Lipinski definition) is 4. The number of thiophene rings is 1. The number of aryl methyl sites for hydroxylation is 1. The van der Waals surface area contributed by atoms with Crippen LogP contribution in [0.3, 0.4) is 0 Å². The molecule has 0 saturated heterocycles. The van der Waals surface area contributed by atoms with E-state index in [0.29, 0.717) is 10.6 Å². The number of nitrogens with zero attached hydrogens (tertiary/aromatic N) is 2. The van der Waals surface area contributed by atoms with Crippen molar-refractivity contribution in [1.29, 1.82) is 0 Å². The lowest BCUT2D eigenvalue weighted by Gasteiger charge is -2.07. The molecule has 134 valence electrons. The summed E-state index contributed by atoms with van der Waals surface area (Å²) in [5.41, 5.74) is 6.39. The molecule has 0 bridgehead atoms. The van der Waals surface area contributed by atoms with Gasteiger partial charge < -0.3 is 11.1 Å². The molecule has 1 aliphatic carbocycles. The predicted octanol–water partition coefficient (Wildman–Crippen LogP) is 3.07. The Morgan fingerprint density at radius 1 is 1.44 bits per heavy atom. The number of anilines is 1. The summed E-state index contributed by atoms with van der Waals surface area (Å²) >= 11 is 7.14. The Morgan fingerprint density at radius 2 is 2.16 bits per heavy atom. The minimum Gasteiger partial charge on any atom is -0.365 e. The van der Waals surface area contributed by atoms with Crippen molar-refractivity contribution >= 4 is 39.8 Å². The lowest BCUT2D eigenvalue weighted by molar-refractivity contribution is -0.116. The third-order valence-electron chi connectivity index (χ3n) is 4.08. The van der Waals surface area contributed by atoms with Gasteiger partial charge in [-0.1, -0.05) is 11.6 Å². The van der Waals surface area contributed by atoms with E-state index in [1.807, 2.05) is 0 Å². The molecule has 0 spiro atoms. The largest absolute Gasteiger partial charge is 0.365 e. The van der Waals surface area contributed by atoms with Gasteiger partial charge in [0.1, 0.15) is 17.2 Å². The second kappa shape index (κ2) is 6.72. The van der Waals surface area contributed by atoms with E-state index in [1.54, 1.807) is 0 Å². The summed E-state index contributed by atoms with van der Waals surface area (Å²) in [5, 5.41) is 6.56. The highest BCUT2D eigenvalue weighted by Crippen LogP contribution is 2.38. The third kappa shape index (κ3) is 3.25. The van der Waals surface area contributed by atoms with Crippen LogP contribution in [0.25, 0.3) is 0 Å². The number of nitrogens with two attached hydrogens (primary N) is 1. The molecule has 0 saturated carbocycles. The van der Waals surface area contributed by atoms with Crippen LogP contribution in [-0.4, -0.2) is 21.6 Å². The van der Waals surface area contributed by atoms with Gasteiger partial charge in [0.15, 0.2) is 0 Å². The number of alkyl halides is 2. The molecule has 10 heteroatoms. The first-order valence-electron chi connectivity index (χ1n) is 7.54. The van der Waals surface area contributed by atoms with Crippen LogP contribution in [0.1, 0.15) is 45.0 Å². The second-order valence-corrected chi connectivity index (χ2v) is 7.20. The number of rotatable bonds is 5. The van der Waals surface area contributed by atoms with E-state index in [2.05, 4.69) is 10.4 Å². The molecule has 0 aliphatic heterocycles. The van der Waals surface area contributed by atoms with Crippen LogP contribution in [0.4, 0.5) is 13.8 Å². The summed E-state index contributed by atoms with van der Waals surface area (Å²) in [6.07, 6.45) is -0.262. The quantitative estimate of drug-likeness (QED) is 0.824. The SMILES string of the molecule is Cc1c(Cl)c(C(F)F)nn1CC(=O)Nc1sc2c(c1C(N)=O)CCC2. The first kappa shape index (κ1) is 17.8. The molecule has 3 N–H and O–H groups in total. The third-order valence-corrected chi connectivity index (χ3v) is 5.75. The lowest BCUT2D eigenvalue weighted by atomic mass is 10.1. The van der Waals surface area contributed by atoms with Gasteiger partial charge >= 0.3 is 0 Å². The van der Waals surface area contributed by atoms with Gasteiger partial charge in [0, 0.05) is 4.88 Å². The Morgan fingerprint density at radius 3 is 2.76 bits per heavy atom. The number of primary amides is 1. The van der Waals surface area contributed by atoms with Gasteiger partial charge in [-0.05, 0) is 31.7 Å². The van der Waals surface area contributed by atoms with Gasteiger partial charge in [-0.3, -0.25) is 14.3 Å². The van der Waals surface area contributed by atoms with Gasteiger partial charge in [0.05, 0.1) is 16.3 Å². The van der Waals surface area contributed by atoms with Crippen LogP contribution in [0.5, 0.6) is 0 Å². The summed E-state index contributed by atoms with van der Waals surface area (Å²) in [6, 6.07) is 0. The fourth-order valence-electron chi connectivity index (χ4n) is 2.90. The molecule has 0 fully saturated rings. The number of carbonyl (C=O) groups excluding carboxylic acids is 2. The standard InChI is InChI=1S/C15H15ClF2N4O2S/c1-6-11(16)12(13(17)18)21-22(6)5-9(23)20-15-10(14(19)24)7-3-2-4-8(7)25-15/h13H,2-5H2,1H3,(H2,19,24)(H,20,23). The highest BCUT2D eigenvalue weighted by atomic mass is 35.5. The Labute approximate surface area is 150 Å². The summed E-state index contributed by atoms with van der Waals surface area (Å²) in [7, 11) is 0. The predicted molar refractivity (Wildman–Crippen MR) is 90.4 cm³/mol. The van der Waals surface area contributed by atoms with Crippen LogP contribution in [0.2, 0.25) is 5.02 Å². The fraction of sp³-hybridized carbons (Fsp3) is 0.400. The summed E-state index contributed by atoms with van der Waals surface area (Å²) in [6.45, 7) is 1.21. The van der Waals surface area contributed by atoms with E-state index in [1.165, 1.54) is 18.3 Å². The van der Waals surface area contributed by atoms with E-state index in [4.69, 9.17) is 17.3 Å². The van der Waals surface area contributed by atoms with Crippen molar-refractivity contribution in [3.8, 4) is 0 Å². The number of aromatic nitrogens is 2. The Balaban J connectivity index is 1.81. The van der Waals surface area contributed by atoms with Crippen molar-refractivity contribution in [2.24, 2.45) is 5.73 Å². The Bertz CT molecular complexity index is 862. The number of amides is 2. The molecule has 0 radical (unpaired) electrons. The number of nitrogens with one attached hydrogen (secondary N) is 1. The molecular weight excluding hydrogens is 374 g/mol. The highest BCUT2D eigenvalue weighted by molar-refractivity contribution is 7.17. The van der Waals surface area contributed by atoms with E-state index in [-0.39, 0.29) is 17.3 Å². The van der Waals surface area contributed by atoms with Crippen LogP contribution in [-0.2, 0) is 24.2 Å². The van der Waals surface area contributed by atoms with Crippen molar-refractivity contribution in [3.05, 3.63) is 32.4 Å². The van der Waals surface area contributed by atoms with E-state index < -0.39 is 23.9 Å². The number of hydrogen-bond donors (Lipinski definition) is 2. The molecule has 25 heavy (non-hydrogen) atoms. The normalized spacial score (nSPS) is 13.3. The zero-order valence-electron chi connectivity index (χ0n) is 13.2. The van der Waals surface area contributed by atoms with Gasteiger partial charge in [-0.25, -0.2) is 8.78 Å².